The molecule has 0 aliphatic heterocycles. The minimum Gasteiger partial charge on any atom is -0.507 e. The molecule has 0 spiro atoms. The van der Waals surface area contributed by atoms with Crippen LogP contribution in [0.15, 0.2) is 337 Å². The van der Waals surface area contributed by atoms with Gasteiger partial charge in [-0.15, -0.1) is 0 Å². The molecule has 0 amide bonds. The Bertz CT molecular complexity index is 6740. The minimum atomic E-state index is -1.28. The standard InChI is InChI=1S/C29H25NO5.C19H16O5.C17H12O5.C15H14O3.C8H8O3.C7H5Br3.C7H6Br2.4CH3Br.CH4/c1-33-21-13-14-23-22(15-21)20(17-30-23)9-5-10-24(31)28-16-25(32)29-26(11-6-12-27(29)35-28)34-18-19-7-3-2-4-8-19;1-2-22-19(21)17-11-14(20)18-15(9-6-10-16(18)24-17)23-12-13-7-4-3-5-8-13;18-12-9-15(17(19)20)22-14-8-4-7-13(16(12)14)21-10-11-5-2-1-3-6-11;1-11(16)15-13(17)8-5-9-14(15)18-10-12-6-3-2-4-7-12;1-5(9)8-6(10)3-2-4-7(8)11;8-4-5-1-2-6(9)3-7(5)10;1-5-2-3-6(8)4-7(5)9;4*1-2;/h2-4,6-8,11-17,30H,5,9-10,18H2,1H3;3-11H,2,12H2,1H3;1-9H,10H2,(H,19,20);2-9,17H,10H2,1H3;2-4,10-11H,1H3;1-3H,4H2;2-4H,1H3;4*1H3;1H4. The number of alkyl halides is 5. The van der Waals surface area contributed by atoms with E-state index in [2.05, 4.69) is 167 Å². The molecule has 724 valence electrons. The van der Waals surface area contributed by atoms with Gasteiger partial charge in [0.2, 0.25) is 11.5 Å². The summed E-state index contributed by atoms with van der Waals surface area (Å²) in [6, 6.07) is 84.1. The number of carbonyl (C=O) groups excluding carboxylic acids is 4. The number of aromatic carboxylic acids is 1. The van der Waals surface area contributed by atoms with E-state index in [0.717, 1.165) is 79.8 Å². The molecular formula is C107H102Br9NO21. The fourth-order valence-electron chi connectivity index (χ4n) is 12.5. The van der Waals surface area contributed by atoms with Gasteiger partial charge in [0.05, 0.1) is 13.7 Å². The van der Waals surface area contributed by atoms with Crippen LogP contribution in [0.2, 0.25) is 0 Å². The molecular weight excluding hydrogens is 2350 g/mol. The number of halogens is 9. The summed E-state index contributed by atoms with van der Waals surface area (Å²) in [5, 5.41) is 39.6. The summed E-state index contributed by atoms with van der Waals surface area (Å²) in [7, 11) is 1.64. The van der Waals surface area contributed by atoms with Gasteiger partial charge in [0.1, 0.15) is 116 Å². The lowest BCUT2D eigenvalue weighted by atomic mass is 10.0. The SMILES string of the molecule is BrCc1ccc(Br)cc1Br.C.CBr.CBr.CBr.CBr.CC(=O)c1c(O)cccc1O.CC(=O)c1c(O)cccc1OCc1ccccc1.CCOC(=O)c1cc(=O)c2c(OCc3ccccc3)cccc2o1.COc1ccc2[nH]cc(CCCC(=O)c3cc(=O)c4c(OCc5ccccc5)cccc4o3)c2c1.Cc1ccc(Br)cc1Br.O=C(O)c1cc(=O)c2c(OCc3ccccc3)cccc2o1. The zero-order valence-electron chi connectivity index (χ0n) is 75.7. The van der Waals surface area contributed by atoms with Crippen molar-refractivity contribution in [1.29, 1.82) is 0 Å². The van der Waals surface area contributed by atoms with E-state index in [1.54, 1.807) is 80.8 Å². The van der Waals surface area contributed by atoms with E-state index in [-0.39, 0.29) is 105 Å². The highest BCUT2D eigenvalue weighted by Crippen LogP contribution is 2.34. The zero-order chi connectivity index (χ0) is 100. The number of aryl methyl sites for hydroxylation is 2. The molecule has 5 N–H and O–H groups in total. The molecule has 22 nitrogen and oxygen atoms in total. The molecule has 0 saturated carbocycles. The summed E-state index contributed by atoms with van der Waals surface area (Å²) in [6.45, 7) is 7.99. The molecule has 0 aliphatic carbocycles. The van der Waals surface area contributed by atoms with Crippen molar-refractivity contribution >= 4 is 216 Å². The van der Waals surface area contributed by atoms with Crippen molar-refractivity contribution in [3.63, 3.8) is 0 Å². The largest absolute Gasteiger partial charge is 0.507 e. The average Bonchev–Trinajstić information content (AvgIpc) is 0.977. The molecule has 0 bridgehead atoms. The van der Waals surface area contributed by atoms with Gasteiger partial charge in [-0.3, -0.25) is 28.8 Å². The molecule has 16 aromatic rings. The van der Waals surface area contributed by atoms with Crippen LogP contribution in [0, 0.1) is 6.92 Å². The fraction of sp³-hybridized carbons (Fsp3) is 0.178. The van der Waals surface area contributed by atoms with Crippen LogP contribution in [0.3, 0.4) is 0 Å². The lowest BCUT2D eigenvalue weighted by molar-refractivity contribution is 0.0489. The van der Waals surface area contributed by atoms with E-state index in [9.17, 15) is 43.5 Å². The molecule has 138 heavy (non-hydrogen) atoms. The van der Waals surface area contributed by atoms with Crippen molar-refractivity contribution in [2.45, 2.75) is 86.1 Å². The monoisotopic (exact) mass is 2450 g/mol. The van der Waals surface area contributed by atoms with Crippen LogP contribution >= 0.6 is 143 Å². The van der Waals surface area contributed by atoms with Crippen molar-refractivity contribution in [3.8, 4) is 46.0 Å². The third-order valence-corrected chi connectivity index (χ3v) is 22.1. The van der Waals surface area contributed by atoms with Gasteiger partial charge in [-0.1, -0.05) is 315 Å². The first-order chi connectivity index (χ1) is 66.2. The number of nitrogens with one attached hydrogen (secondary N) is 1. The van der Waals surface area contributed by atoms with E-state index >= 15 is 0 Å². The number of methoxy groups -OCH3 is 1. The van der Waals surface area contributed by atoms with Crippen LogP contribution in [0.5, 0.6) is 46.0 Å². The summed E-state index contributed by atoms with van der Waals surface area (Å²) >= 11 is 28.7. The van der Waals surface area contributed by atoms with Gasteiger partial charge < -0.3 is 67.1 Å². The highest BCUT2D eigenvalue weighted by Gasteiger charge is 2.21. The molecule has 16 rings (SSSR count). The minimum absolute atomic E-state index is 0. The summed E-state index contributed by atoms with van der Waals surface area (Å²) in [5.41, 5.74) is 8.58. The highest BCUT2D eigenvalue weighted by molar-refractivity contribution is 9.11. The Labute approximate surface area is 875 Å². The number of H-pyrrole nitrogens is 1. The number of Topliss-reactive ketones (excluding diaryl/α,β-unsaturated/α-hetero) is 3. The molecule has 4 heterocycles. The maximum Gasteiger partial charge on any atom is 0.374 e. The van der Waals surface area contributed by atoms with Crippen molar-refractivity contribution < 1.29 is 86.1 Å². The predicted octanol–water partition coefficient (Wildman–Crippen LogP) is 29.5. The van der Waals surface area contributed by atoms with Crippen molar-refractivity contribution in [2.24, 2.45) is 0 Å². The number of hydrogen-bond acceptors (Lipinski definition) is 20. The normalized spacial score (nSPS) is 9.93. The molecule has 31 heteroatoms. The number of phenols is 3. The number of hydrogen-bond donors (Lipinski definition) is 5. The van der Waals surface area contributed by atoms with Crippen LogP contribution in [0.25, 0.3) is 43.8 Å². The lowest BCUT2D eigenvalue weighted by Gasteiger charge is -2.10. The lowest BCUT2D eigenvalue weighted by Crippen LogP contribution is -2.11. The first kappa shape index (κ1) is 117. The molecule has 0 atom stereocenters. The third-order valence-electron chi connectivity index (χ3n) is 18.9. The third kappa shape index (κ3) is 36.7. The number of esters is 1. The number of aromatic hydroxyl groups is 3. The Balaban J connectivity index is 0.000000292. The molecule has 4 aromatic heterocycles. The number of carboxylic acids is 1. The maximum absolute atomic E-state index is 12.9. The van der Waals surface area contributed by atoms with Crippen LogP contribution in [-0.2, 0) is 42.9 Å². The second kappa shape index (κ2) is 63.1. The Morgan fingerprint density at radius 1 is 0.413 bits per heavy atom. The predicted molar refractivity (Wildman–Crippen MR) is 581 cm³/mol. The van der Waals surface area contributed by atoms with Crippen molar-refractivity contribution in [3.05, 3.63) is 407 Å². The number of aromatic amines is 1. The molecule has 0 fully saturated rings. The topological polar surface area (TPSA) is 328 Å². The molecule has 12 aromatic carbocycles. The quantitative estimate of drug-likeness (QED) is 0.0213. The van der Waals surface area contributed by atoms with Gasteiger partial charge >= 0.3 is 11.9 Å². The second-order valence-electron chi connectivity index (χ2n) is 28.1. The Morgan fingerprint density at radius 2 is 0.790 bits per heavy atom. The number of aromatic nitrogens is 1. The van der Waals surface area contributed by atoms with Crippen molar-refractivity contribution in [1.82, 2.24) is 4.98 Å². The zero-order valence-corrected chi connectivity index (χ0v) is 90.0. The number of phenolic OH excluding ortho intramolecular Hbond substituents is 3. The van der Waals surface area contributed by atoms with Gasteiger partial charge in [0.15, 0.2) is 39.4 Å². The van der Waals surface area contributed by atoms with Gasteiger partial charge in [-0.2, -0.15) is 0 Å². The van der Waals surface area contributed by atoms with Crippen LogP contribution in [0.4, 0.5) is 0 Å². The number of fused-ring (bicyclic) bond motifs is 4. The maximum atomic E-state index is 12.9. The first-order valence-corrected chi connectivity index (χ1v) is 52.1. The Kier molecular flexibility index (Phi) is 53.5. The Hall–Kier alpha value is -11.5. The van der Waals surface area contributed by atoms with E-state index in [1.807, 2.05) is 193 Å². The number of ether oxygens (including phenoxy) is 6. The second-order valence-corrected chi connectivity index (χ2v) is 32.2. The number of ketones is 3. The summed E-state index contributed by atoms with van der Waals surface area (Å²) < 4.78 is 54.1. The van der Waals surface area contributed by atoms with E-state index < -0.39 is 23.1 Å². The van der Waals surface area contributed by atoms with Crippen molar-refractivity contribution in [2.75, 3.05) is 37.0 Å². The van der Waals surface area contributed by atoms with Gasteiger partial charge in [-0.25, -0.2) is 9.59 Å². The molecule has 0 aliphatic rings. The fourth-order valence-corrected chi connectivity index (χ4v) is 15.6. The smallest absolute Gasteiger partial charge is 0.374 e. The van der Waals surface area contributed by atoms with Crippen LogP contribution in [-0.4, -0.2) is 91.7 Å². The van der Waals surface area contributed by atoms with Gasteiger partial charge in [0, 0.05) is 64.9 Å². The summed E-state index contributed by atoms with van der Waals surface area (Å²) in [4.78, 5) is 98.4. The molecule has 0 radical (unpaired) electrons. The number of benzene rings is 12. The molecule has 0 unspecified atom stereocenters. The number of carboxylic acid groups (broad SMARTS) is 1. The first-order valence-electron chi connectivity index (χ1n) is 41.4. The highest BCUT2D eigenvalue weighted by atomic mass is 79.9. The van der Waals surface area contributed by atoms with E-state index in [0.29, 0.717) is 78.6 Å². The van der Waals surface area contributed by atoms with Gasteiger partial charge in [-0.05, 0) is 206 Å². The van der Waals surface area contributed by atoms with Crippen LogP contribution in [0.1, 0.15) is 132 Å². The van der Waals surface area contributed by atoms with E-state index in [4.69, 9.17) is 57.0 Å². The average molecular weight is 2460 g/mol. The van der Waals surface area contributed by atoms with Crippen LogP contribution < -0.4 is 40.0 Å². The molecule has 0 saturated heterocycles. The number of carbonyl (C=O) groups is 5. The summed E-state index contributed by atoms with van der Waals surface area (Å²) in [5.74, 6) is 6.13. The number of rotatable bonds is 24. The summed E-state index contributed by atoms with van der Waals surface area (Å²) in [6.07, 6.45) is 3.58. The van der Waals surface area contributed by atoms with Gasteiger partial charge in [0.25, 0.3) is 0 Å². The Morgan fingerprint density at radius 3 is 1.18 bits per heavy atom. The van der Waals surface area contributed by atoms with E-state index in [1.165, 1.54) is 55.3 Å².